The SMILES string of the molecule is CCOC(=O)CNc1ccnc(N)c1. The van der Waals surface area contributed by atoms with Crippen molar-refractivity contribution in [2.45, 2.75) is 6.92 Å². The normalized spacial score (nSPS) is 9.50. The number of anilines is 2. The van der Waals surface area contributed by atoms with E-state index in [2.05, 4.69) is 10.3 Å². The molecule has 0 aliphatic rings. The molecule has 1 aromatic heterocycles. The molecule has 0 aliphatic heterocycles. The molecule has 0 unspecified atom stereocenters. The molecule has 0 saturated heterocycles. The third-order valence-electron chi connectivity index (χ3n) is 1.52. The van der Waals surface area contributed by atoms with Gasteiger partial charge in [0.25, 0.3) is 0 Å². The Hall–Kier alpha value is -1.78. The lowest BCUT2D eigenvalue weighted by Crippen LogP contribution is -2.16. The van der Waals surface area contributed by atoms with Crippen LogP contribution < -0.4 is 11.1 Å². The lowest BCUT2D eigenvalue weighted by molar-refractivity contribution is -0.140. The van der Waals surface area contributed by atoms with E-state index in [1.807, 2.05) is 0 Å². The number of nitrogens with zero attached hydrogens (tertiary/aromatic N) is 1. The maximum absolute atomic E-state index is 11.0. The monoisotopic (exact) mass is 195 g/mol. The molecule has 0 amide bonds. The molecule has 0 bridgehead atoms. The van der Waals surface area contributed by atoms with Crippen LogP contribution in [0.1, 0.15) is 6.92 Å². The van der Waals surface area contributed by atoms with E-state index >= 15 is 0 Å². The van der Waals surface area contributed by atoms with Gasteiger partial charge in [-0.15, -0.1) is 0 Å². The van der Waals surface area contributed by atoms with Crippen LogP contribution in [0.3, 0.4) is 0 Å². The fourth-order valence-electron chi connectivity index (χ4n) is 0.945. The van der Waals surface area contributed by atoms with Crippen LogP contribution in [0.15, 0.2) is 18.3 Å². The van der Waals surface area contributed by atoms with Crippen molar-refractivity contribution in [1.82, 2.24) is 4.98 Å². The Morgan fingerprint density at radius 1 is 1.71 bits per heavy atom. The smallest absolute Gasteiger partial charge is 0.325 e. The van der Waals surface area contributed by atoms with Gasteiger partial charge in [0.05, 0.1) is 6.61 Å². The van der Waals surface area contributed by atoms with E-state index in [-0.39, 0.29) is 12.5 Å². The zero-order valence-corrected chi connectivity index (χ0v) is 7.99. The van der Waals surface area contributed by atoms with Crippen molar-refractivity contribution in [2.24, 2.45) is 0 Å². The number of hydrogen-bond donors (Lipinski definition) is 2. The minimum Gasteiger partial charge on any atom is -0.465 e. The summed E-state index contributed by atoms with van der Waals surface area (Å²) in [6, 6.07) is 3.38. The van der Waals surface area contributed by atoms with Crippen molar-refractivity contribution in [3.63, 3.8) is 0 Å². The number of hydrogen-bond acceptors (Lipinski definition) is 5. The summed E-state index contributed by atoms with van der Waals surface area (Å²) in [5, 5.41) is 2.88. The van der Waals surface area contributed by atoms with Gasteiger partial charge < -0.3 is 15.8 Å². The number of aromatic nitrogens is 1. The minimum atomic E-state index is -0.289. The number of rotatable bonds is 4. The van der Waals surface area contributed by atoms with E-state index in [1.165, 1.54) is 0 Å². The minimum absolute atomic E-state index is 0.136. The van der Waals surface area contributed by atoms with Gasteiger partial charge in [0.2, 0.25) is 0 Å². The number of pyridine rings is 1. The number of nitrogen functional groups attached to an aromatic ring is 1. The molecule has 76 valence electrons. The van der Waals surface area contributed by atoms with Crippen LogP contribution in [0, 0.1) is 0 Å². The van der Waals surface area contributed by atoms with Gasteiger partial charge in [0, 0.05) is 18.0 Å². The fraction of sp³-hybridized carbons (Fsp3) is 0.333. The van der Waals surface area contributed by atoms with Gasteiger partial charge in [-0.2, -0.15) is 0 Å². The summed E-state index contributed by atoms with van der Waals surface area (Å²) < 4.78 is 4.75. The van der Waals surface area contributed by atoms with Crippen molar-refractivity contribution >= 4 is 17.5 Å². The summed E-state index contributed by atoms with van der Waals surface area (Å²) in [7, 11) is 0. The zero-order chi connectivity index (χ0) is 10.4. The van der Waals surface area contributed by atoms with Crippen LogP contribution in [0.4, 0.5) is 11.5 Å². The third-order valence-corrected chi connectivity index (χ3v) is 1.52. The van der Waals surface area contributed by atoms with E-state index < -0.39 is 0 Å². The molecule has 0 saturated carbocycles. The lowest BCUT2D eigenvalue weighted by Gasteiger charge is -2.05. The molecule has 3 N–H and O–H groups in total. The molecule has 1 rings (SSSR count). The molecule has 0 spiro atoms. The second-order valence-electron chi connectivity index (χ2n) is 2.63. The molecule has 0 fully saturated rings. The second-order valence-corrected chi connectivity index (χ2v) is 2.63. The Kier molecular flexibility index (Phi) is 3.72. The highest BCUT2D eigenvalue weighted by atomic mass is 16.5. The van der Waals surface area contributed by atoms with Gasteiger partial charge in [-0.25, -0.2) is 4.98 Å². The van der Waals surface area contributed by atoms with Crippen molar-refractivity contribution in [1.29, 1.82) is 0 Å². The van der Waals surface area contributed by atoms with Crippen molar-refractivity contribution in [3.05, 3.63) is 18.3 Å². The van der Waals surface area contributed by atoms with Crippen molar-refractivity contribution in [2.75, 3.05) is 24.2 Å². The fourth-order valence-corrected chi connectivity index (χ4v) is 0.945. The van der Waals surface area contributed by atoms with Crippen LogP contribution in [0.5, 0.6) is 0 Å². The van der Waals surface area contributed by atoms with Crippen LogP contribution in [0.2, 0.25) is 0 Å². The summed E-state index contributed by atoms with van der Waals surface area (Å²) in [4.78, 5) is 14.8. The number of esters is 1. The molecule has 1 heterocycles. The van der Waals surface area contributed by atoms with Gasteiger partial charge in [-0.1, -0.05) is 0 Å². The summed E-state index contributed by atoms with van der Waals surface area (Å²) in [6.45, 7) is 2.29. The molecule has 0 aliphatic carbocycles. The van der Waals surface area contributed by atoms with Gasteiger partial charge in [-0.05, 0) is 13.0 Å². The number of carbonyl (C=O) groups is 1. The van der Waals surface area contributed by atoms with Gasteiger partial charge >= 0.3 is 5.97 Å². The molecule has 14 heavy (non-hydrogen) atoms. The predicted molar refractivity (Wildman–Crippen MR) is 53.8 cm³/mol. The summed E-state index contributed by atoms with van der Waals surface area (Å²) in [6.07, 6.45) is 1.57. The largest absolute Gasteiger partial charge is 0.465 e. The maximum atomic E-state index is 11.0. The highest BCUT2D eigenvalue weighted by Gasteiger charge is 2.00. The molecule has 5 heteroatoms. The Morgan fingerprint density at radius 2 is 2.50 bits per heavy atom. The highest BCUT2D eigenvalue weighted by Crippen LogP contribution is 2.07. The molecule has 5 nitrogen and oxygen atoms in total. The molecule has 0 atom stereocenters. The van der Waals surface area contributed by atoms with E-state index in [0.717, 1.165) is 5.69 Å². The first kappa shape index (κ1) is 10.3. The number of nitrogens with one attached hydrogen (secondary N) is 1. The van der Waals surface area contributed by atoms with E-state index in [9.17, 15) is 4.79 Å². The average Bonchev–Trinajstić information content (AvgIpc) is 2.15. The number of carbonyl (C=O) groups excluding carboxylic acids is 1. The van der Waals surface area contributed by atoms with Crippen molar-refractivity contribution < 1.29 is 9.53 Å². The standard InChI is InChI=1S/C9H13N3O2/c1-2-14-9(13)6-12-7-3-4-11-8(10)5-7/h3-5H,2,6H2,1H3,(H3,10,11,12). The lowest BCUT2D eigenvalue weighted by atomic mass is 10.4. The van der Waals surface area contributed by atoms with Gasteiger partial charge in [0.15, 0.2) is 0 Å². The van der Waals surface area contributed by atoms with Gasteiger partial charge in [0.1, 0.15) is 12.4 Å². The Balaban J connectivity index is 2.41. The first-order valence-electron chi connectivity index (χ1n) is 4.33. The predicted octanol–water partition coefficient (Wildman–Crippen LogP) is 0.639. The van der Waals surface area contributed by atoms with Crippen LogP contribution >= 0.6 is 0 Å². The van der Waals surface area contributed by atoms with Crippen LogP contribution in [-0.4, -0.2) is 24.1 Å². The number of nitrogens with two attached hydrogens (primary N) is 1. The van der Waals surface area contributed by atoms with E-state index in [1.54, 1.807) is 25.3 Å². The van der Waals surface area contributed by atoms with Crippen molar-refractivity contribution in [3.8, 4) is 0 Å². The first-order chi connectivity index (χ1) is 6.72. The second kappa shape index (κ2) is 5.06. The molecule has 0 aromatic carbocycles. The van der Waals surface area contributed by atoms with Crippen LogP contribution in [-0.2, 0) is 9.53 Å². The molecule has 1 aromatic rings. The average molecular weight is 195 g/mol. The maximum Gasteiger partial charge on any atom is 0.325 e. The van der Waals surface area contributed by atoms with Crippen LogP contribution in [0.25, 0.3) is 0 Å². The zero-order valence-electron chi connectivity index (χ0n) is 7.99. The van der Waals surface area contributed by atoms with E-state index in [4.69, 9.17) is 10.5 Å². The molecular weight excluding hydrogens is 182 g/mol. The summed E-state index contributed by atoms with van der Waals surface area (Å²) >= 11 is 0. The highest BCUT2D eigenvalue weighted by molar-refractivity contribution is 5.75. The summed E-state index contributed by atoms with van der Waals surface area (Å²) in [5.74, 6) is 0.127. The Bertz CT molecular complexity index is 315. The quantitative estimate of drug-likeness (QED) is 0.689. The molecular formula is C9H13N3O2. The number of ether oxygens (including phenoxy) is 1. The Morgan fingerprint density at radius 3 is 3.14 bits per heavy atom. The topological polar surface area (TPSA) is 77.2 Å². The summed E-state index contributed by atoms with van der Waals surface area (Å²) in [5.41, 5.74) is 6.21. The Labute approximate surface area is 82.3 Å². The van der Waals surface area contributed by atoms with E-state index in [0.29, 0.717) is 12.4 Å². The third kappa shape index (κ3) is 3.30. The molecule has 0 radical (unpaired) electrons. The first-order valence-corrected chi connectivity index (χ1v) is 4.33. The van der Waals surface area contributed by atoms with Gasteiger partial charge in [-0.3, -0.25) is 4.79 Å².